The molecule has 1 unspecified atom stereocenters. The number of rotatable bonds is 5. The predicted molar refractivity (Wildman–Crippen MR) is 77.3 cm³/mol. The van der Waals surface area contributed by atoms with Crippen LogP contribution in [-0.4, -0.2) is 48.3 Å². The lowest BCUT2D eigenvalue weighted by Crippen LogP contribution is -2.40. The summed E-state index contributed by atoms with van der Waals surface area (Å²) in [5.41, 5.74) is 2.96. The highest BCUT2D eigenvalue weighted by atomic mass is 16.3. The van der Waals surface area contributed by atoms with Gasteiger partial charge in [-0.15, -0.1) is 0 Å². The van der Waals surface area contributed by atoms with Crippen molar-refractivity contribution in [2.75, 3.05) is 26.2 Å². The third-order valence-corrected chi connectivity index (χ3v) is 4.20. The van der Waals surface area contributed by atoms with Gasteiger partial charge < -0.3 is 15.3 Å². The molecular weight excluding hydrogens is 236 g/mol. The largest absolute Gasteiger partial charge is 0.390 e. The summed E-state index contributed by atoms with van der Waals surface area (Å²) in [7, 11) is 0. The Balaban J connectivity index is 1.47. The topological polar surface area (TPSA) is 35.5 Å². The molecular formula is C16H24N2O. The smallest absolute Gasteiger partial charge is 0.0791 e. The summed E-state index contributed by atoms with van der Waals surface area (Å²) in [6.07, 6.45) is 4.55. The van der Waals surface area contributed by atoms with Gasteiger partial charge in [-0.1, -0.05) is 24.3 Å². The van der Waals surface area contributed by atoms with Crippen molar-refractivity contribution < 1.29 is 5.11 Å². The summed E-state index contributed by atoms with van der Waals surface area (Å²) >= 11 is 0. The summed E-state index contributed by atoms with van der Waals surface area (Å²) in [6.45, 7) is 3.68. The number of aliphatic hydroxyl groups is 1. The van der Waals surface area contributed by atoms with Crippen LogP contribution in [-0.2, 0) is 12.8 Å². The third kappa shape index (κ3) is 3.78. The molecule has 2 aliphatic rings. The molecule has 1 atom stereocenters. The molecule has 0 spiro atoms. The van der Waals surface area contributed by atoms with Gasteiger partial charge in [0.2, 0.25) is 0 Å². The first-order valence-electron chi connectivity index (χ1n) is 7.52. The minimum Gasteiger partial charge on any atom is -0.390 e. The maximum absolute atomic E-state index is 10.1. The Kier molecular flexibility index (Phi) is 4.16. The van der Waals surface area contributed by atoms with Gasteiger partial charge in [0.05, 0.1) is 6.10 Å². The molecule has 104 valence electrons. The highest BCUT2D eigenvalue weighted by Crippen LogP contribution is 2.18. The Bertz CT molecular complexity index is 390. The van der Waals surface area contributed by atoms with E-state index >= 15 is 0 Å². The Hall–Kier alpha value is -0.900. The van der Waals surface area contributed by atoms with Crippen LogP contribution < -0.4 is 5.32 Å². The predicted octanol–water partition coefficient (Wildman–Crippen LogP) is 1.20. The average Bonchev–Trinajstić information content (AvgIpc) is 3.24. The molecule has 3 heteroatoms. The molecule has 1 heterocycles. The maximum atomic E-state index is 10.1. The van der Waals surface area contributed by atoms with Crippen LogP contribution in [0.4, 0.5) is 0 Å². The van der Waals surface area contributed by atoms with Crippen molar-refractivity contribution in [3.8, 4) is 0 Å². The second-order valence-electron chi connectivity index (χ2n) is 5.91. The molecule has 1 fully saturated rings. The molecule has 0 aromatic heterocycles. The molecule has 3 rings (SSSR count). The van der Waals surface area contributed by atoms with Crippen molar-refractivity contribution in [3.63, 3.8) is 0 Å². The second-order valence-corrected chi connectivity index (χ2v) is 5.91. The molecule has 0 radical (unpaired) electrons. The van der Waals surface area contributed by atoms with E-state index in [0.29, 0.717) is 6.04 Å². The molecule has 1 saturated carbocycles. The van der Waals surface area contributed by atoms with Gasteiger partial charge in [0, 0.05) is 32.2 Å². The lowest BCUT2D eigenvalue weighted by molar-refractivity contribution is 0.113. The average molecular weight is 260 g/mol. The van der Waals surface area contributed by atoms with Gasteiger partial charge in [-0.2, -0.15) is 0 Å². The van der Waals surface area contributed by atoms with Crippen LogP contribution in [0.15, 0.2) is 24.3 Å². The number of hydrogen-bond acceptors (Lipinski definition) is 3. The van der Waals surface area contributed by atoms with Crippen molar-refractivity contribution in [1.82, 2.24) is 10.2 Å². The van der Waals surface area contributed by atoms with E-state index in [1.807, 2.05) is 0 Å². The van der Waals surface area contributed by atoms with Gasteiger partial charge in [0.1, 0.15) is 0 Å². The summed E-state index contributed by atoms with van der Waals surface area (Å²) < 4.78 is 0. The Labute approximate surface area is 115 Å². The summed E-state index contributed by atoms with van der Waals surface area (Å²) in [5, 5.41) is 13.5. The minimum absolute atomic E-state index is 0.234. The maximum Gasteiger partial charge on any atom is 0.0791 e. The van der Waals surface area contributed by atoms with E-state index < -0.39 is 0 Å². The van der Waals surface area contributed by atoms with Crippen LogP contribution in [0, 0.1) is 0 Å². The fourth-order valence-electron chi connectivity index (χ4n) is 2.85. The summed E-state index contributed by atoms with van der Waals surface area (Å²) in [4.78, 5) is 2.40. The van der Waals surface area contributed by atoms with Crippen LogP contribution in [0.25, 0.3) is 0 Å². The van der Waals surface area contributed by atoms with Gasteiger partial charge >= 0.3 is 0 Å². The zero-order valence-corrected chi connectivity index (χ0v) is 11.5. The zero-order chi connectivity index (χ0) is 13.1. The molecule has 1 aliphatic carbocycles. The number of nitrogens with one attached hydrogen (secondary N) is 1. The van der Waals surface area contributed by atoms with E-state index in [0.717, 1.165) is 39.0 Å². The molecule has 2 N–H and O–H groups in total. The van der Waals surface area contributed by atoms with Crippen LogP contribution in [0.5, 0.6) is 0 Å². The molecule has 1 aliphatic heterocycles. The zero-order valence-electron chi connectivity index (χ0n) is 11.5. The fourth-order valence-corrected chi connectivity index (χ4v) is 2.85. The third-order valence-electron chi connectivity index (χ3n) is 4.20. The number of nitrogens with zero attached hydrogens (tertiary/aromatic N) is 1. The van der Waals surface area contributed by atoms with Gasteiger partial charge in [-0.25, -0.2) is 0 Å². The number of hydrogen-bond donors (Lipinski definition) is 2. The first-order valence-corrected chi connectivity index (χ1v) is 7.52. The normalized spacial score (nSPS) is 21.7. The van der Waals surface area contributed by atoms with Gasteiger partial charge in [0.15, 0.2) is 0 Å². The van der Waals surface area contributed by atoms with Crippen LogP contribution >= 0.6 is 0 Å². The van der Waals surface area contributed by atoms with Crippen molar-refractivity contribution in [1.29, 1.82) is 0 Å². The number of fused-ring (bicyclic) bond motifs is 1. The molecule has 0 amide bonds. The highest BCUT2D eigenvalue weighted by molar-refractivity contribution is 5.28. The molecule has 0 bridgehead atoms. The standard InChI is InChI=1S/C16H24N2O/c19-16(11-17-15-5-6-15)12-18-9-7-13-3-1-2-4-14(13)8-10-18/h1-4,15-17,19H,5-12H2. The first kappa shape index (κ1) is 13.1. The van der Waals surface area contributed by atoms with Crippen molar-refractivity contribution in [3.05, 3.63) is 35.4 Å². The van der Waals surface area contributed by atoms with E-state index in [-0.39, 0.29) is 6.10 Å². The molecule has 0 saturated heterocycles. The Morgan fingerprint density at radius 2 is 1.79 bits per heavy atom. The Morgan fingerprint density at radius 1 is 1.16 bits per heavy atom. The lowest BCUT2D eigenvalue weighted by Gasteiger charge is -2.23. The van der Waals surface area contributed by atoms with Crippen molar-refractivity contribution >= 4 is 0 Å². The van der Waals surface area contributed by atoms with E-state index in [2.05, 4.69) is 34.5 Å². The van der Waals surface area contributed by atoms with Gasteiger partial charge in [-0.05, 0) is 36.8 Å². The number of benzene rings is 1. The molecule has 1 aromatic rings. The van der Waals surface area contributed by atoms with E-state index in [9.17, 15) is 5.11 Å². The fraction of sp³-hybridized carbons (Fsp3) is 0.625. The molecule has 19 heavy (non-hydrogen) atoms. The van der Waals surface area contributed by atoms with Gasteiger partial charge in [-0.3, -0.25) is 0 Å². The Morgan fingerprint density at radius 3 is 2.37 bits per heavy atom. The quantitative estimate of drug-likeness (QED) is 0.835. The van der Waals surface area contributed by atoms with E-state index in [1.54, 1.807) is 0 Å². The monoisotopic (exact) mass is 260 g/mol. The van der Waals surface area contributed by atoms with Gasteiger partial charge in [0.25, 0.3) is 0 Å². The SMILES string of the molecule is OC(CNC1CC1)CN1CCc2ccccc2CC1. The number of β-amino-alcohol motifs (C(OH)–C–C–N with tert-alkyl or cyclic N) is 1. The van der Waals surface area contributed by atoms with E-state index in [1.165, 1.54) is 24.0 Å². The summed E-state index contributed by atoms with van der Waals surface area (Å²) in [5.74, 6) is 0. The van der Waals surface area contributed by atoms with Crippen LogP contribution in [0.3, 0.4) is 0 Å². The van der Waals surface area contributed by atoms with Crippen LogP contribution in [0.2, 0.25) is 0 Å². The van der Waals surface area contributed by atoms with Crippen molar-refractivity contribution in [2.24, 2.45) is 0 Å². The van der Waals surface area contributed by atoms with Crippen molar-refractivity contribution in [2.45, 2.75) is 37.8 Å². The molecule has 1 aromatic carbocycles. The van der Waals surface area contributed by atoms with E-state index in [4.69, 9.17) is 0 Å². The minimum atomic E-state index is -0.234. The lowest BCUT2D eigenvalue weighted by atomic mass is 10.0. The first-order chi connectivity index (χ1) is 9.31. The highest BCUT2D eigenvalue weighted by Gasteiger charge is 2.22. The summed E-state index contributed by atoms with van der Waals surface area (Å²) in [6, 6.07) is 9.42. The second kappa shape index (κ2) is 6.04. The molecule has 3 nitrogen and oxygen atoms in total. The van der Waals surface area contributed by atoms with Crippen LogP contribution in [0.1, 0.15) is 24.0 Å². The number of aliphatic hydroxyl groups excluding tert-OH is 1.